The summed E-state index contributed by atoms with van der Waals surface area (Å²) in [5.41, 5.74) is 7.86. The van der Waals surface area contributed by atoms with E-state index < -0.39 is 0 Å². The summed E-state index contributed by atoms with van der Waals surface area (Å²) in [5.74, 6) is 0.0370. The van der Waals surface area contributed by atoms with Gasteiger partial charge in [-0.15, -0.1) is 0 Å². The summed E-state index contributed by atoms with van der Waals surface area (Å²) < 4.78 is 13.0. The lowest BCUT2D eigenvalue weighted by Crippen LogP contribution is -2.22. The van der Waals surface area contributed by atoms with Crippen LogP contribution in [0.2, 0.25) is 0 Å². The molecule has 0 unspecified atom stereocenters. The van der Waals surface area contributed by atoms with E-state index in [2.05, 4.69) is 20.3 Å². The van der Waals surface area contributed by atoms with Gasteiger partial charge in [-0.1, -0.05) is 6.07 Å². The molecule has 0 aliphatic heterocycles. The van der Waals surface area contributed by atoms with Crippen LogP contribution in [0.3, 0.4) is 0 Å². The van der Waals surface area contributed by atoms with Crippen molar-refractivity contribution in [3.63, 3.8) is 0 Å². The highest BCUT2D eigenvalue weighted by atomic mass is 19.1. The van der Waals surface area contributed by atoms with Crippen LogP contribution in [0.4, 0.5) is 16.0 Å². The predicted molar refractivity (Wildman–Crippen MR) is 72.8 cm³/mol. The van der Waals surface area contributed by atoms with E-state index in [1.54, 1.807) is 12.1 Å². The van der Waals surface area contributed by atoms with Crippen molar-refractivity contribution >= 4 is 17.6 Å². The summed E-state index contributed by atoms with van der Waals surface area (Å²) in [6, 6.07) is 7.79. The molecule has 0 aliphatic rings. The molecule has 1 aromatic carbocycles. The largest absolute Gasteiger partial charge is 0.369 e. The Balaban J connectivity index is 2.19. The third-order valence-electron chi connectivity index (χ3n) is 2.29. The van der Waals surface area contributed by atoms with Gasteiger partial charge in [0.2, 0.25) is 5.96 Å². The Kier molecular flexibility index (Phi) is 3.70. The second-order valence-corrected chi connectivity index (χ2v) is 4.08. The number of anilines is 1. The first kappa shape index (κ1) is 12.9. The molecule has 2 aromatic rings. The third kappa shape index (κ3) is 3.74. The van der Waals surface area contributed by atoms with E-state index in [0.717, 1.165) is 11.4 Å². The van der Waals surface area contributed by atoms with Crippen molar-refractivity contribution in [1.82, 2.24) is 9.97 Å². The van der Waals surface area contributed by atoms with E-state index in [0.29, 0.717) is 5.69 Å². The SMILES string of the molecule is Cc1cc(C)nc(N=C(N)Nc2cccc(F)c2)n1. The Hall–Kier alpha value is -2.50. The average molecular weight is 259 g/mol. The highest BCUT2D eigenvalue weighted by molar-refractivity contribution is 5.93. The van der Waals surface area contributed by atoms with Crippen LogP contribution in [0, 0.1) is 19.7 Å². The van der Waals surface area contributed by atoms with Gasteiger partial charge in [0, 0.05) is 17.1 Å². The van der Waals surface area contributed by atoms with Gasteiger partial charge in [-0.2, -0.15) is 4.99 Å². The zero-order chi connectivity index (χ0) is 13.8. The maximum Gasteiger partial charge on any atom is 0.253 e. The van der Waals surface area contributed by atoms with Crippen molar-refractivity contribution < 1.29 is 4.39 Å². The van der Waals surface area contributed by atoms with Crippen LogP contribution in [0.5, 0.6) is 0 Å². The maximum absolute atomic E-state index is 13.0. The van der Waals surface area contributed by atoms with Gasteiger partial charge >= 0.3 is 0 Å². The molecule has 0 bridgehead atoms. The van der Waals surface area contributed by atoms with Crippen molar-refractivity contribution in [3.05, 3.63) is 47.5 Å². The number of aromatic nitrogens is 2. The van der Waals surface area contributed by atoms with Crippen molar-refractivity contribution in [2.45, 2.75) is 13.8 Å². The molecule has 98 valence electrons. The summed E-state index contributed by atoms with van der Waals surface area (Å²) >= 11 is 0. The van der Waals surface area contributed by atoms with Gasteiger partial charge in [0.1, 0.15) is 5.82 Å². The summed E-state index contributed by atoms with van der Waals surface area (Å²) in [6.07, 6.45) is 0. The molecule has 1 heterocycles. The normalized spacial score (nSPS) is 11.4. The lowest BCUT2D eigenvalue weighted by atomic mass is 10.3. The average Bonchev–Trinajstić information content (AvgIpc) is 2.26. The lowest BCUT2D eigenvalue weighted by Gasteiger charge is -2.05. The molecule has 6 heteroatoms. The minimum Gasteiger partial charge on any atom is -0.369 e. The first-order valence-electron chi connectivity index (χ1n) is 5.72. The van der Waals surface area contributed by atoms with Gasteiger partial charge in [0.15, 0.2) is 0 Å². The monoisotopic (exact) mass is 259 g/mol. The molecule has 0 fully saturated rings. The van der Waals surface area contributed by atoms with Gasteiger partial charge in [0.05, 0.1) is 0 Å². The maximum atomic E-state index is 13.0. The molecule has 0 atom stereocenters. The topological polar surface area (TPSA) is 76.2 Å². The second kappa shape index (κ2) is 5.43. The number of nitrogens with one attached hydrogen (secondary N) is 1. The molecule has 0 saturated heterocycles. The number of benzene rings is 1. The predicted octanol–water partition coefficient (Wildman–Crippen LogP) is 2.29. The van der Waals surface area contributed by atoms with Crippen molar-refractivity contribution in [1.29, 1.82) is 0 Å². The Bertz CT molecular complexity index is 604. The third-order valence-corrected chi connectivity index (χ3v) is 2.29. The minimum atomic E-state index is -0.347. The molecule has 0 radical (unpaired) electrons. The second-order valence-electron chi connectivity index (χ2n) is 4.08. The van der Waals surface area contributed by atoms with Crippen molar-refractivity contribution in [3.8, 4) is 0 Å². The fourth-order valence-corrected chi connectivity index (χ4v) is 1.61. The molecule has 2 rings (SSSR count). The standard InChI is InChI=1S/C13H14FN5/c1-8-6-9(2)17-13(16-8)19-12(15)18-11-5-3-4-10(14)7-11/h3-7H,1-2H3,(H3,15,16,17,18,19). The van der Waals surface area contributed by atoms with Crippen LogP contribution in [0.1, 0.15) is 11.4 Å². The van der Waals surface area contributed by atoms with E-state index in [1.807, 2.05) is 19.9 Å². The van der Waals surface area contributed by atoms with Gasteiger partial charge in [-0.05, 0) is 38.1 Å². The number of guanidine groups is 1. The minimum absolute atomic E-state index is 0.107. The molecule has 0 amide bonds. The molecule has 19 heavy (non-hydrogen) atoms. The number of nitrogens with zero attached hydrogens (tertiary/aromatic N) is 3. The number of hydrogen-bond acceptors (Lipinski definition) is 3. The number of nitrogens with two attached hydrogens (primary N) is 1. The Morgan fingerprint density at radius 3 is 2.53 bits per heavy atom. The number of hydrogen-bond donors (Lipinski definition) is 2. The Morgan fingerprint density at radius 1 is 1.21 bits per heavy atom. The highest BCUT2D eigenvalue weighted by Crippen LogP contribution is 2.10. The van der Waals surface area contributed by atoms with Gasteiger partial charge in [0.25, 0.3) is 5.95 Å². The molecule has 3 N–H and O–H groups in total. The molecule has 1 aromatic heterocycles. The Labute approximate surface area is 110 Å². The van der Waals surface area contributed by atoms with Crippen LogP contribution in [0.25, 0.3) is 0 Å². The van der Waals surface area contributed by atoms with E-state index in [-0.39, 0.29) is 17.7 Å². The smallest absolute Gasteiger partial charge is 0.253 e. The van der Waals surface area contributed by atoms with E-state index in [9.17, 15) is 4.39 Å². The van der Waals surface area contributed by atoms with Gasteiger partial charge < -0.3 is 11.1 Å². The van der Waals surface area contributed by atoms with Crippen LogP contribution < -0.4 is 11.1 Å². The van der Waals surface area contributed by atoms with E-state index >= 15 is 0 Å². The number of aliphatic imine (C=N–C) groups is 1. The molecular weight excluding hydrogens is 245 g/mol. The quantitative estimate of drug-likeness (QED) is 0.641. The lowest BCUT2D eigenvalue weighted by molar-refractivity contribution is 0.628. The molecule has 0 aliphatic carbocycles. The van der Waals surface area contributed by atoms with Gasteiger partial charge in [-0.25, -0.2) is 14.4 Å². The number of rotatable bonds is 2. The first-order chi connectivity index (χ1) is 9.02. The van der Waals surface area contributed by atoms with Crippen LogP contribution >= 0.6 is 0 Å². The first-order valence-corrected chi connectivity index (χ1v) is 5.72. The van der Waals surface area contributed by atoms with E-state index in [1.165, 1.54) is 12.1 Å². The number of aryl methyl sites for hydroxylation is 2. The number of halogens is 1. The van der Waals surface area contributed by atoms with Crippen molar-refractivity contribution in [2.75, 3.05) is 5.32 Å². The fraction of sp³-hybridized carbons (Fsp3) is 0.154. The molecule has 5 nitrogen and oxygen atoms in total. The fourth-order valence-electron chi connectivity index (χ4n) is 1.61. The zero-order valence-corrected chi connectivity index (χ0v) is 10.7. The van der Waals surface area contributed by atoms with Crippen LogP contribution in [0.15, 0.2) is 35.3 Å². The highest BCUT2D eigenvalue weighted by Gasteiger charge is 2.01. The van der Waals surface area contributed by atoms with Crippen LogP contribution in [-0.2, 0) is 0 Å². The molecule has 0 saturated carbocycles. The van der Waals surface area contributed by atoms with Crippen molar-refractivity contribution in [2.24, 2.45) is 10.7 Å². The summed E-state index contributed by atoms with van der Waals surface area (Å²) in [5, 5.41) is 2.78. The van der Waals surface area contributed by atoms with Crippen LogP contribution in [-0.4, -0.2) is 15.9 Å². The summed E-state index contributed by atoms with van der Waals surface area (Å²) in [7, 11) is 0. The molecular formula is C13H14FN5. The van der Waals surface area contributed by atoms with E-state index in [4.69, 9.17) is 5.73 Å². The Morgan fingerprint density at radius 2 is 1.89 bits per heavy atom. The summed E-state index contributed by atoms with van der Waals surface area (Å²) in [4.78, 5) is 12.3. The van der Waals surface area contributed by atoms with Gasteiger partial charge in [-0.3, -0.25) is 0 Å². The zero-order valence-electron chi connectivity index (χ0n) is 10.7. The summed E-state index contributed by atoms with van der Waals surface area (Å²) in [6.45, 7) is 3.70. The molecule has 0 spiro atoms.